The molecule has 4 heterocycles. The highest BCUT2D eigenvalue weighted by Crippen LogP contribution is 2.24. The van der Waals surface area contributed by atoms with Gasteiger partial charge in [-0.15, -0.1) is 0 Å². The summed E-state index contributed by atoms with van der Waals surface area (Å²) in [5.41, 5.74) is 0.196. The number of halogens is 1. The Morgan fingerprint density at radius 3 is 2.81 bits per heavy atom. The van der Waals surface area contributed by atoms with E-state index in [2.05, 4.69) is 15.4 Å². The van der Waals surface area contributed by atoms with Gasteiger partial charge in [-0.3, -0.25) is 14.4 Å². The SMILES string of the molecule is COCC(C)N1Cc2c(n(CC(=O)Nc3ccc(F)cn3)c3cc(CO)nn3c2=O)C1=O. The van der Waals surface area contributed by atoms with Crippen molar-refractivity contribution in [1.82, 2.24) is 24.1 Å². The number of methoxy groups -OCH3 is 1. The molecule has 168 valence electrons. The topological polar surface area (TPSA) is 131 Å². The van der Waals surface area contributed by atoms with Crippen LogP contribution in [0.2, 0.25) is 0 Å². The van der Waals surface area contributed by atoms with E-state index in [9.17, 15) is 23.9 Å². The Morgan fingerprint density at radius 2 is 2.16 bits per heavy atom. The number of amides is 2. The Labute approximate surface area is 181 Å². The van der Waals surface area contributed by atoms with Crippen molar-refractivity contribution in [1.29, 1.82) is 0 Å². The monoisotopic (exact) mass is 444 g/mol. The summed E-state index contributed by atoms with van der Waals surface area (Å²) in [6.45, 7) is 1.37. The summed E-state index contributed by atoms with van der Waals surface area (Å²) in [4.78, 5) is 44.3. The van der Waals surface area contributed by atoms with E-state index in [1.165, 1.54) is 28.7 Å². The molecule has 0 saturated heterocycles. The number of nitrogens with zero attached hydrogens (tertiary/aromatic N) is 5. The number of aromatic nitrogens is 4. The maximum absolute atomic E-state index is 13.2. The average Bonchev–Trinajstić information content (AvgIpc) is 3.35. The Balaban J connectivity index is 1.77. The van der Waals surface area contributed by atoms with E-state index in [0.29, 0.717) is 0 Å². The molecule has 0 bridgehead atoms. The van der Waals surface area contributed by atoms with Crippen molar-refractivity contribution >= 4 is 23.3 Å². The molecule has 12 heteroatoms. The van der Waals surface area contributed by atoms with Crippen LogP contribution in [0.4, 0.5) is 10.2 Å². The molecule has 0 saturated carbocycles. The second-order valence-corrected chi connectivity index (χ2v) is 7.43. The second-order valence-electron chi connectivity index (χ2n) is 7.43. The van der Waals surface area contributed by atoms with Crippen LogP contribution in [0.5, 0.6) is 0 Å². The zero-order valence-corrected chi connectivity index (χ0v) is 17.4. The zero-order valence-electron chi connectivity index (χ0n) is 17.4. The van der Waals surface area contributed by atoms with Crippen molar-refractivity contribution in [3.05, 3.63) is 57.5 Å². The Kier molecular flexibility index (Phi) is 5.72. The molecule has 4 rings (SSSR count). The van der Waals surface area contributed by atoms with E-state index in [1.807, 2.05) is 0 Å². The van der Waals surface area contributed by atoms with Crippen LogP contribution in [0.25, 0.3) is 5.65 Å². The minimum atomic E-state index is -0.547. The van der Waals surface area contributed by atoms with Crippen LogP contribution in [-0.4, -0.2) is 60.7 Å². The van der Waals surface area contributed by atoms with Gasteiger partial charge in [0.25, 0.3) is 11.5 Å². The first-order valence-corrected chi connectivity index (χ1v) is 9.80. The predicted octanol–water partition coefficient (Wildman–Crippen LogP) is 0.152. The molecule has 1 atom stereocenters. The maximum Gasteiger partial charge on any atom is 0.280 e. The van der Waals surface area contributed by atoms with Gasteiger partial charge in [-0.1, -0.05) is 0 Å². The number of hydrogen-bond donors (Lipinski definition) is 2. The van der Waals surface area contributed by atoms with E-state index in [4.69, 9.17) is 4.74 Å². The number of fused-ring (bicyclic) bond motifs is 2. The fraction of sp³-hybridized carbons (Fsp3) is 0.350. The third-order valence-corrected chi connectivity index (χ3v) is 5.21. The third-order valence-electron chi connectivity index (χ3n) is 5.21. The molecule has 0 aromatic carbocycles. The lowest BCUT2D eigenvalue weighted by atomic mass is 10.2. The number of aliphatic hydroxyl groups is 1. The highest BCUT2D eigenvalue weighted by molar-refractivity contribution is 5.98. The van der Waals surface area contributed by atoms with E-state index >= 15 is 0 Å². The van der Waals surface area contributed by atoms with Gasteiger partial charge >= 0.3 is 0 Å². The van der Waals surface area contributed by atoms with Gasteiger partial charge in [-0.25, -0.2) is 9.37 Å². The van der Waals surface area contributed by atoms with Gasteiger partial charge < -0.3 is 24.6 Å². The van der Waals surface area contributed by atoms with Crippen LogP contribution in [-0.2, 0) is 29.2 Å². The predicted molar refractivity (Wildman–Crippen MR) is 109 cm³/mol. The van der Waals surface area contributed by atoms with Crippen LogP contribution in [0.15, 0.2) is 29.2 Å². The number of anilines is 1. The summed E-state index contributed by atoms with van der Waals surface area (Å²) in [6.07, 6.45) is 0.966. The highest BCUT2D eigenvalue weighted by Gasteiger charge is 2.37. The number of hydrogen-bond acceptors (Lipinski definition) is 7. The van der Waals surface area contributed by atoms with Gasteiger partial charge in [-0.05, 0) is 19.1 Å². The first-order chi connectivity index (χ1) is 15.3. The lowest BCUT2D eigenvalue weighted by Gasteiger charge is -2.23. The molecule has 1 aliphatic heterocycles. The number of rotatable bonds is 7. The van der Waals surface area contributed by atoms with Crippen molar-refractivity contribution in [2.75, 3.05) is 19.0 Å². The molecule has 1 aliphatic rings. The molecule has 0 radical (unpaired) electrons. The van der Waals surface area contributed by atoms with Crippen molar-refractivity contribution in [2.45, 2.75) is 32.7 Å². The van der Waals surface area contributed by atoms with Gasteiger partial charge in [0.2, 0.25) is 5.91 Å². The lowest BCUT2D eigenvalue weighted by molar-refractivity contribution is -0.116. The van der Waals surface area contributed by atoms with Crippen LogP contribution >= 0.6 is 0 Å². The molecule has 3 aromatic heterocycles. The van der Waals surface area contributed by atoms with E-state index in [-0.39, 0.29) is 54.2 Å². The molecule has 32 heavy (non-hydrogen) atoms. The molecule has 3 aromatic rings. The Morgan fingerprint density at radius 1 is 1.38 bits per heavy atom. The third kappa shape index (κ3) is 3.74. The van der Waals surface area contributed by atoms with E-state index < -0.39 is 29.8 Å². The first-order valence-electron chi connectivity index (χ1n) is 9.80. The molecule has 2 amide bonds. The zero-order chi connectivity index (χ0) is 23.0. The summed E-state index contributed by atoms with van der Waals surface area (Å²) >= 11 is 0. The van der Waals surface area contributed by atoms with Crippen LogP contribution < -0.4 is 10.9 Å². The molecule has 11 nitrogen and oxygen atoms in total. The van der Waals surface area contributed by atoms with Crippen molar-refractivity contribution < 1.29 is 23.8 Å². The summed E-state index contributed by atoms with van der Waals surface area (Å²) in [6, 6.07) is 3.60. The fourth-order valence-electron chi connectivity index (χ4n) is 3.73. The quantitative estimate of drug-likeness (QED) is 0.530. The second kappa shape index (κ2) is 8.48. The van der Waals surface area contributed by atoms with Gasteiger partial charge in [0.05, 0.1) is 43.3 Å². The van der Waals surface area contributed by atoms with E-state index in [1.54, 1.807) is 6.92 Å². The summed E-state index contributed by atoms with van der Waals surface area (Å²) in [5, 5.41) is 16.1. The molecule has 0 fully saturated rings. The summed E-state index contributed by atoms with van der Waals surface area (Å²) in [7, 11) is 1.52. The highest BCUT2D eigenvalue weighted by atomic mass is 19.1. The van der Waals surface area contributed by atoms with Crippen LogP contribution in [0, 0.1) is 5.82 Å². The Hall–Kier alpha value is -3.64. The van der Waals surface area contributed by atoms with Gasteiger partial charge in [-0.2, -0.15) is 9.61 Å². The summed E-state index contributed by atoms with van der Waals surface area (Å²) in [5.74, 6) is -1.37. The number of nitrogens with one attached hydrogen (secondary N) is 1. The average molecular weight is 444 g/mol. The van der Waals surface area contributed by atoms with Crippen LogP contribution in [0.1, 0.15) is 28.7 Å². The minimum Gasteiger partial charge on any atom is -0.390 e. The standard InChI is InChI=1S/C20H21FN6O5/c1-11(10-32-2)25-7-14-18(20(25)31)26(17-5-13(9-28)24-27(17)19(14)30)8-16(29)23-15-4-3-12(21)6-22-15/h3-6,11,28H,7-10H2,1-2H3,(H,22,23,29). The van der Waals surface area contributed by atoms with Crippen LogP contribution in [0.3, 0.4) is 0 Å². The normalized spacial score (nSPS) is 14.1. The van der Waals surface area contributed by atoms with Gasteiger partial charge in [0.15, 0.2) is 0 Å². The van der Waals surface area contributed by atoms with Crippen molar-refractivity contribution in [2.24, 2.45) is 0 Å². The molecule has 0 spiro atoms. The minimum absolute atomic E-state index is 0.0446. The number of ether oxygens (including phenoxy) is 1. The molecular weight excluding hydrogens is 423 g/mol. The number of carbonyl (C=O) groups is 2. The van der Waals surface area contributed by atoms with Crippen molar-refractivity contribution in [3.63, 3.8) is 0 Å². The maximum atomic E-state index is 13.2. The first kappa shape index (κ1) is 21.6. The lowest BCUT2D eigenvalue weighted by Crippen LogP contribution is -2.37. The number of aliphatic hydroxyl groups excluding tert-OH is 1. The fourth-order valence-corrected chi connectivity index (χ4v) is 3.73. The smallest absolute Gasteiger partial charge is 0.280 e. The largest absolute Gasteiger partial charge is 0.390 e. The van der Waals surface area contributed by atoms with E-state index in [0.717, 1.165) is 16.8 Å². The Bertz CT molecular complexity index is 1250. The van der Waals surface area contributed by atoms with Gasteiger partial charge in [0, 0.05) is 13.2 Å². The molecule has 0 aliphatic carbocycles. The number of pyridine rings is 1. The number of carbonyl (C=O) groups excluding carboxylic acids is 2. The van der Waals surface area contributed by atoms with Crippen molar-refractivity contribution in [3.8, 4) is 0 Å². The summed E-state index contributed by atoms with van der Waals surface area (Å²) < 4.78 is 20.7. The van der Waals surface area contributed by atoms with Gasteiger partial charge in [0.1, 0.15) is 29.5 Å². The molecule has 1 unspecified atom stereocenters. The molecular formula is C20H21FN6O5. The molecule has 2 N–H and O–H groups in total.